The van der Waals surface area contributed by atoms with Crippen LogP contribution in [0.15, 0.2) is 40.9 Å². The van der Waals surface area contributed by atoms with Crippen LogP contribution in [0.3, 0.4) is 0 Å². The molecule has 1 aromatic carbocycles. The lowest BCUT2D eigenvalue weighted by molar-refractivity contribution is -0.113. The highest BCUT2D eigenvalue weighted by Crippen LogP contribution is 2.27. The molecule has 10 heteroatoms. The van der Waals surface area contributed by atoms with Crippen LogP contribution in [0.5, 0.6) is 5.75 Å². The average molecular weight is 461 g/mol. The SMILES string of the molecule is CCn1c(SCC(=O)Nc2sccc2C(=O)OC)nnc1C(C)Oc1cccc(C)c1. The van der Waals surface area contributed by atoms with Gasteiger partial charge in [0.1, 0.15) is 10.8 Å². The molecule has 0 aliphatic carbocycles. The number of thioether (sulfide) groups is 1. The van der Waals surface area contributed by atoms with Gasteiger partial charge in [0.2, 0.25) is 5.91 Å². The third kappa shape index (κ3) is 5.65. The van der Waals surface area contributed by atoms with E-state index in [1.165, 1.54) is 30.2 Å². The summed E-state index contributed by atoms with van der Waals surface area (Å²) in [6.07, 6.45) is -0.300. The number of nitrogens with one attached hydrogen (secondary N) is 1. The molecule has 0 fully saturated rings. The number of nitrogens with zero attached hydrogens (tertiary/aromatic N) is 3. The predicted octanol–water partition coefficient (Wildman–Crippen LogP) is 4.33. The lowest BCUT2D eigenvalue weighted by Gasteiger charge is -2.16. The van der Waals surface area contributed by atoms with Crippen molar-refractivity contribution in [3.63, 3.8) is 0 Å². The summed E-state index contributed by atoms with van der Waals surface area (Å²) in [6, 6.07) is 9.45. The summed E-state index contributed by atoms with van der Waals surface area (Å²) in [5, 5.41) is 14.1. The topological polar surface area (TPSA) is 95.3 Å². The molecule has 0 aliphatic heterocycles. The molecule has 3 rings (SSSR count). The van der Waals surface area contributed by atoms with Crippen LogP contribution >= 0.6 is 23.1 Å². The third-order valence-corrected chi connectivity index (χ3v) is 6.18. The molecule has 1 amide bonds. The van der Waals surface area contributed by atoms with Gasteiger partial charge in [-0.15, -0.1) is 21.5 Å². The zero-order valence-corrected chi connectivity index (χ0v) is 19.4. The largest absolute Gasteiger partial charge is 0.483 e. The van der Waals surface area contributed by atoms with Gasteiger partial charge in [0, 0.05) is 6.54 Å². The van der Waals surface area contributed by atoms with Crippen LogP contribution in [0.25, 0.3) is 0 Å². The second kappa shape index (κ2) is 10.5. The number of anilines is 1. The van der Waals surface area contributed by atoms with Crippen molar-refractivity contribution in [1.29, 1.82) is 0 Å². The van der Waals surface area contributed by atoms with Crippen molar-refractivity contribution < 1.29 is 19.1 Å². The van der Waals surface area contributed by atoms with E-state index in [4.69, 9.17) is 9.47 Å². The average Bonchev–Trinajstić information content (AvgIpc) is 3.38. The van der Waals surface area contributed by atoms with Gasteiger partial charge < -0.3 is 19.4 Å². The number of hydrogen-bond donors (Lipinski definition) is 1. The van der Waals surface area contributed by atoms with E-state index in [0.717, 1.165) is 11.3 Å². The predicted molar refractivity (Wildman–Crippen MR) is 121 cm³/mol. The van der Waals surface area contributed by atoms with E-state index < -0.39 is 5.97 Å². The Bertz CT molecular complexity index is 1060. The summed E-state index contributed by atoms with van der Waals surface area (Å²) in [5.74, 6) is 0.863. The molecule has 1 atom stereocenters. The molecule has 0 radical (unpaired) electrons. The van der Waals surface area contributed by atoms with E-state index >= 15 is 0 Å². The van der Waals surface area contributed by atoms with Gasteiger partial charge in [0.05, 0.1) is 18.4 Å². The maximum Gasteiger partial charge on any atom is 0.340 e. The van der Waals surface area contributed by atoms with E-state index in [0.29, 0.717) is 28.1 Å². The Morgan fingerprint density at radius 3 is 2.81 bits per heavy atom. The molecule has 31 heavy (non-hydrogen) atoms. The van der Waals surface area contributed by atoms with Gasteiger partial charge in [0.25, 0.3) is 0 Å². The van der Waals surface area contributed by atoms with Gasteiger partial charge in [-0.2, -0.15) is 0 Å². The molecule has 1 unspecified atom stereocenters. The number of carbonyl (C=O) groups excluding carboxylic acids is 2. The zero-order valence-electron chi connectivity index (χ0n) is 17.7. The number of esters is 1. The molecule has 8 nitrogen and oxygen atoms in total. The Morgan fingerprint density at radius 1 is 1.29 bits per heavy atom. The first kappa shape index (κ1) is 22.8. The Morgan fingerprint density at radius 2 is 2.10 bits per heavy atom. The molecule has 0 saturated carbocycles. The van der Waals surface area contributed by atoms with Crippen molar-refractivity contribution in [2.75, 3.05) is 18.2 Å². The maximum atomic E-state index is 12.4. The first-order valence-corrected chi connectivity index (χ1v) is 11.5. The van der Waals surface area contributed by atoms with Gasteiger partial charge >= 0.3 is 5.97 Å². The van der Waals surface area contributed by atoms with Crippen LogP contribution in [0, 0.1) is 6.92 Å². The van der Waals surface area contributed by atoms with Crippen LogP contribution in [0.4, 0.5) is 5.00 Å². The summed E-state index contributed by atoms with van der Waals surface area (Å²) in [5.41, 5.74) is 1.46. The van der Waals surface area contributed by atoms with E-state index in [2.05, 4.69) is 15.5 Å². The number of thiophene rings is 1. The number of aromatic nitrogens is 3. The van der Waals surface area contributed by atoms with Crippen molar-refractivity contribution in [3.8, 4) is 5.75 Å². The number of carbonyl (C=O) groups is 2. The Hall–Kier alpha value is -2.85. The van der Waals surface area contributed by atoms with Crippen LogP contribution in [-0.4, -0.2) is 39.5 Å². The van der Waals surface area contributed by atoms with Crippen LogP contribution in [0.1, 0.15) is 41.7 Å². The highest BCUT2D eigenvalue weighted by molar-refractivity contribution is 7.99. The second-order valence-corrected chi connectivity index (χ2v) is 8.51. The molecule has 2 heterocycles. The molecule has 3 aromatic rings. The summed E-state index contributed by atoms with van der Waals surface area (Å²) in [7, 11) is 1.31. The maximum absolute atomic E-state index is 12.4. The Labute approximate surface area is 189 Å². The number of rotatable bonds is 9. The van der Waals surface area contributed by atoms with Gasteiger partial charge in [-0.05, 0) is 49.9 Å². The summed E-state index contributed by atoms with van der Waals surface area (Å²) < 4.78 is 12.7. The van der Waals surface area contributed by atoms with Crippen molar-refractivity contribution in [3.05, 3.63) is 52.7 Å². The van der Waals surface area contributed by atoms with E-state index in [1.807, 2.05) is 49.6 Å². The molecule has 0 spiro atoms. The number of amides is 1. The second-order valence-electron chi connectivity index (χ2n) is 6.65. The van der Waals surface area contributed by atoms with Gasteiger partial charge in [-0.3, -0.25) is 4.79 Å². The molecular formula is C21H24N4O4S2. The first-order chi connectivity index (χ1) is 14.9. The minimum absolute atomic E-state index is 0.129. The third-order valence-electron chi connectivity index (χ3n) is 4.38. The molecule has 0 aliphatic rings. The normalized spacial score (nSPS) is 11.7. The number of aryl methyl sites for hydroxylation is 1. The fourth-order valence-electron chi connectivity index (χ4n) is 2.92. The van der Waals surface area contributed by atoms with Crippen molar-refractivity contribution in [1.82, 2.24) is 14.8 Å². The number of benzene rings is 1. The van der Waals surface area contributed by atoms with Crippen LogP contribution in [0.2, 0.25) is 0 Å². The molecule has 0 bridgehead atoms. The molecule has 2 aromatic heterocycles. The van der Waals surface area contributed by atoms with Crippen molar-refractivity contribution in [2.24, 2.45) is 0 Å². The standard InChI is InChI=1S/C21H24N4O4S2/c1-5-25-18(14(3)29-15-8-6-7-13(2)11-15)23-24-21(25)31-12-17(26)22-19-16(9-10-30-19)20(27)28-4/h6-11,14H,5,12H2,1-4H3,(H,22,26). The lowest BCUT2D eigenvalue weighted by atomic mass is 10.2. The minimum Gasteiger partial charge on any atom is -0.483 e. The number of hydrogen-bond acceptors (Lipinski definition) is 8. The molecule has 1 N–H and O–H groups in total. The highest BCUT2D eigenvalue weighted by Gasteiger charge is 2.20. The first-order valence-electron chi connectivity index (χ1n) is 9.67. The minimum atomic E-state index is -0.484. The number of ether oxygens (including phenoxy) is 2. The van der Waals surface area contributed by atoms with Crippen molar-refractivity contribution >= 4 is 40.0 Å². The quantitative estimate of drug-likeness (QED) is 0.375. The Kier molecular flexibility index (Phi) is 7.69. The van der Waals surface area contributed by atoms with Gasteiger partial charge in [0.15, 0.2) is 17.1 Å². The monoisotopic (exact) mass is 460 g/mol. The zero-order chi connectivity index (χ0) is 22.4. The van der Waals surface area contributed by atoms with E-state index in [-0.39, 0.29) is 17.8 Å². The fraction of sp³-hybridized carbons (Fsp3) is 0.333. The lowest BCUT2D eigenvalue weighted by Crippen LogP contribution is -2.16. The summed E-state index contributed by atoms with van der Waals surface area (Å²) >= 11 is 2.55. The summed E-state index contributed by atoms with van der Waals surface area (Å²) in [6.45, 7) is 6.57. The molecular weight excluding hydrogens is 436 g/mol. The molecule has 164 valence electrons. The number of methoxy groups -OCH3 is 1. The van der Waals surface area contributed by atoms with Crippen LogP contribution < -0.4 is 10.1 Å². The van der Waals surface area contributed by atoms with Gasteiger partial charge in [-0.1, -0.05) is 23.9 Å². The smallest absolute Gasteiger partial charge is 0.340 e. The Balaban J connectivity index is 1.63. The molecule has 0 saturated heterocycles. The van der Waals surface area contributed by atoms with E-state index in [1.54, 1.807) is 11.4 Å². The van der Waals surface area contributed by atoms with Crippen LogP contribution in [-0.2, 0) is 16.1 Å². The summed E-state index contributed by atoms with van der Waals surface area (Å²) in [4.78, 5) is 24.2. The van der Waals surface area contributed by atoms with E-state index in [9.17, 15) is 9.59 Å². The highest BCUT2D eigenvalue weighted by atomic mass is 32.2. The van der Waals surface area contributed by atoms with Gasteiger partial charge in [-0.25, -0.2) is 4.79 Å². The fourth-order valence-corrected chi connectivity index (χ4v) is 4.52. The van der Waals surface area contributed by atoms with Crippen molar-refractivity contribution in [2.45, 2.75) is 38.6 Å².